The number of hydrogen-bond donors (Lipinski definition) is 1. The van der Waals surface area contributed by atoms with Gasteiger partial charge in [-0.2, -0.15) is 5.10 Å². The number of benzene rings is 1. The number of nitrogens with zero attached hydrogens (tertiary/aromatic N) is 2. The van der Waals surface area contributed by atoms with Gasteiger partial charge in [0.2, 0.25) is 0 Å². The lowest BCUT2D eigenvalue weighted by Crippen LogP contribution is -2.07. The maximum absolute atomic E-state index is 10.3. The van der Waals surface area contributed by atoms with Gasteiger partial charge >= 0.3 is 0 Å². The molecule has 2 rings (SSSR count). The lowest BCUT2D eigenvalue weighted by atomic mass is 10.0. The van der Waals surface area contributed by atoms with E-state index in [-0.39, 0.29) is 0 Å². The van der Waals surface area contributed by atoms with Crippen molar-refractivity contribution in [2.24, 2.45) is 7.05 Å². The van der Waals surface area contributed by atoms with E-state index in [9.17, 15) is 5.11 Å². The van der Waals surface area contributed by atoms with Crippen LogP contribution in [0.2, 0.25) is 10.0 Å². The maximum atomic E-state index is 10.3. The van der Waals surface area contributed by atoms with Crippen molar-refractivity contribution in [3.8, 4) is 0 Å². The lowest BCUT2D eigenvalue weighted by Gasteiger charge is -2.13. The third-order valence-electron chi connectivity index (χ3n) is 3.13. The van der Waals surface area contributed by atoms with E-state index in [1.807, 2.05) is 13.1 Å². The highest BCUT2D eigenvalue weighted by Gasteiger charge is 2.16. The van der Waals surface area contributed by atoms with Gasteiger partial charge in [-0.25, -0.2) is 0 Å². The zero-order valence-corrected chi connectivity index (χ0v) is 12.4. The minimum absolute atomic E-state index is 0.412. The Bertz CT molecular complexity index is 581. The molecule has 5 heteroatoms. The Balaban J connectivity index is 2.22. The summed E-state index contributed by atoms with van der Waals surface area (Å²) in [6, 6.07) is 7.28. The fraction of sp³-hybridized carbons (Fsp3) is 0.357. The SMILES string of the molecule is CCc1cc(CC(O)c2cccc(Cl)c2Cl)n(C)n1. The summed E-state index contributed by atoms with van der Waals surface area (Å²) in [5, 5.41) is 15.5. The smallest absolute Gasteiger partial charge is 0.0860 e. The quantitative estimate of drug-likeness (QED) is 0.937. The summed E-state index contributed by atoms with van der Waals surface area (Å²) in [5.41, 5.74) is 2.63. The van der Waals surface area contributed by atoms with Crippen molar-refractivity contribution in [3.63, 3.8) is 0 Å². The van der Waals surface area contributed by atoms with E-state index in [0.29, 0.717) is 22.0 Å². The van der Waals surface area contributed by atoms with Crippen molar-refractivity contribution < 1.29 is 5.11 Å². The van der Waals surface area contributed by atoms with Crippen LogP contribution in [0, 0.1) is 0 Å². The van der Waals surface area contributed by atoms with Crippen molar-refractivity contribution in [1.82, 2.24) is 9.78 Å². The van der Waals surface area contributed by atoms with Crippen molar-refractivity contribution >= 4 is 23.2 Å². The Labute approximate surface area is 122 Å². The van der Waals surface area contributed by atoms with Gasteiger partial charge in [0.25, 0.3) is 0 Å². The summed E-state index contributed by atoms with van der Waals surface area (Å²) in [6.45, 7) is 2.05. The number of aliphatic hydroxyl groups excluding tert-OH is 1. The van der Waals surface area contributed by atoms with E-state index in [2.05, 4.69) is 12.0 Å². The second-order valence-corrected chi connectivity index (χ2v) is 5.25. The van der Waals surface area contributed by atoms with Gasteiger partial charge in [0.1, 0.15) is 0 Å². The van der Waals surface area contributed by atoms with Crippen LogP contribution in [-0.4, -0.2) is 14.9 Å². The van der Waals surface area contributed by atoms with Crippen LogP contribution < -0.4 is 0 Å². The molecule has 1 aromatic carbocycles. The van der Waals surface area contributed by atoms with Crippen LogP contribution in [0.5, 0.6) is 0 Å². The molecule has 0 aliphatic carbocycles. The van der Waals surface area contributed by atoms with Gasteiger partial charge in [-0.3, -0.25) is 4.68 Å². The molecule has 2 aromatic rings. The molecule has 0 aliphatic rings. The Morgan fingerprint density at radius 2 is 2.11 bits per heavy atom. The van der Waals surface area contributed by atoms with Crippen molar-refractivity contribution in [3.05, 3.63) is 51.3 Å². The highest BCUT2D eigenvalue weighted by molar-refractivity contribution is 6.42. The van der Waals surface area contributed by atoms with Gasteiger partial charge in [0, 0.05) is 24.7 Å². The molecule has 0 aliphatic heterocycles. The second kappa shape index (κ2) is 5.95. The molecule has 3 nitrogen and oxygen atoms in total. The molecular weight excluding hydrogens is 283 g/mol. The minimum Gasteiger partial charge on any atom is -0.388 e. The third kappa shape index (κ3) is 3.11. The topological polar surface area (TPSA) is 38.0 Å². The normalized spacial score (nSPS) is 12.7. The van der Waals surface area contributed by atoms with Gasteiger partial charge < -0.3 is 5.11 Å². The van der Waals surface area contributed by atoms with E-state index in [0.717, 1.165) is 17.8 Å². The highest BCUT2D eigenvalue weighted by Crippen LogP contribution is 2.31. The lowest BCUT2D eigenvalue weighted by molar-refractivity contribution is 0.176. The maximum Gasteiger partial charge on any atom is 0.0860 e. The zero-order chi connectivity index (χ0) is 14.0. The van der Waals surface area contributed by atoms with Gasteiger partial charge in [0.05, 0.1) is 21.8 Å². The molecule has 19 heavy (non-hydrogen) atoms. The van der Waals surface area contributed by atoms with E-state index >= 15 is 0 Å². The molecule has 102 valence electrons. The van der Waals surface area contributed by atoms with Gasteiger partial charge in [0.15, 0.2) is 0 Å². The first-order chi connectivity index (χ1) is 9.02. The minimum atomic E-state index is -0.689. The Morgan fingerprint density at radius 3 is 2.74 bits per heavy atom. The molecule has 0 radical (unpaired) electrons. The molecule has 0 amide bonds. The molecule has 0 spiro atoms. The average molecular weight is 299 g/mol. The van der Waals surface area contributed by atoms with Crippen LogP contribution in [0.25, 0.3) is 0 Å². The van der Waals surface area contributed by atoms with Crippen molar-refractivity contribution in [2.75, 3.05) is 0 Å². The van der Waals surface area contributed by atoms with Crippen LogP contribution in [-0.2, 0) is 19.9 Å². The number of aromatic nitrogens is 2. The summed E-state index contributed by atoms with van der Waals surface area (Å²) < 4.78 is 1.79. The molecule has 0 saturated heterocycles. The summed E-state index contributed by atoms with van der Waals surface area (Å²) in [6.07, 6.45) is 0.650. The van der Waals surface area contributed by atoms with E-state index < -0.39 is 6.10 Å². The molecule has 0 saturated carbocycles. The number of rotatable bonds is 4. The van der Waals surface area contributed by atoms with Gasteiger partial charge in [-0.05, 0) is 18.6 Å². The monoisotopic (exact) mass is 298 g/mol. The largest absolute Gasteiger partial charge is 0.388 e. The summed E-state index contributed by atoms with van der Waals surface area (Å²) in [7, 11) is 1.88. The predicted molar refractivity (Wildman–Crippen MR) is 77.7 cm³/mol. The zero-order valence-electron chi connectivity index (χ0n) is 10.9. The summed E-state index contributed by atoms with van der Waals surface area (Å²) in [5.74, 6) is 0. The summed E-state index contributed by atoms with van der Waals surface area (Å²) >= 11 is 12.1. The Kier molecular flexibility index (Phi) is 4.50. The Morgan fingerprint density at radius 1 is 1.37 bits per heavy atom. The van der Waals surface area contributed by atoms with E-state index in [1.54, 1.807) is 22.9 Å². The van der Waals surface area contributed by atoms with Gasteiger partial charge in [-0.1, -0.05) is 42.3 Å². The molecule has 0 fully saturated rings. The standard InChI is InChI=1S/C14H16Cl2N2O/c1-3-9-7-10(18(2)17-9)8-13(19)11-5-4-6-12(15)14(11)16/h4-7,13,19H,3,8H2,1-2H3. The highest BCUT2D eigenvalue weighted by atomic mass is 35.5. The fourth-order valence-corrected chi connectivity index (χ4v) is 2.45. The number of halogens is 2. The molecule has 1 N–H and O–H groups in total. The number of aryl methyl sites for hydroxylation is 2. The first-order valence-electron chi connectivity index (χ1n) is 6.16. The van der Waals surface area contributed by atoms with Crippen LogP contribution in [0.15, 0.2) is 24.3 Å². The first-order valence-corrected chi connectivity index (χ1v) is 6.92. The molecular formula is C14H16Cl2N2O. The van der Waals surface area contributed by atoms with Crippen LogP contribution >= 0.6 is 23.2 Å². The molecule has 1 unspecified atom stereocenters. The molecule has 1 aromatic heterocycles. The number of hydrogen-bond acceptors (Lipinski definition) is 2. The molecule has 0 bridgehead atoms. The van der Waals surface area contributed by atoms with E-state index in [4.69, 9.17) is 23.2 Å². The van der Waals surface area contributed by atoms with Gasteiger partial charge in [-0.15, -0.1) is 0 Å². The van der Waals surface area contributed by atoms with Crippen molar-refractivity contribution in [2.45, 2.75) is 25.9 Å². The second-order valence-electron chi connectivity index (χ2n) is 4.47. The fourth-order valence-electron chi connectivity index (χ4n) is 2.02. The van der Waals surface area contributed by atoms with Crippen molar-refractivity contribution in [1.29, 1.82) is 0 Å². The van der Waals surface area contributed by atoms with Crippen LogP contribution in [0.1, 0.15) is 30.0 Å². The van der Waals surface area contributed by atoms with Crippen LogP contribution in [0.4, 0.5) is 0 Å². The average Bonchev–Trinajstić information content (AvgIpc) is 2.73. The molecule has 1 atom stereocenters. The van der Waals surface area contributed by atoms with Crippen LogP contribution in [0.3, 0.4) is 0 Å². The third-order valence-corrected chi connectivity index (χ3v) is 3.97. The number of aliphatic hydroxyl groups is 1. The first kappa shape index (κ1) is 14.4. The summed E-state index contributed by atoms with van der Waals surface area (Å²) in [4.78, 5) is 0. The van der Waals surface area contributed by atoms with E-state index in [1.165, 1.54) is 0 Å². The molecule has 1 heterocycles. The Hall–Kier alpha value is -1.03. The predicted octanol–water partition coefficient (Wildman–Crippen LogP) is 3.57.